The van der Waals surface area contributed by atoms with Crippen molar-refractivity contribution in [2.45, 2.75) is 57.5 Å². The van der Waals surface area contributed by atoms with Crippen LogP contribution >= 0.6 is 0 Å². The van der Waals surface area contributed by atoms with Gasteiger partial charge in [0.1, 0.15) is 0 Å². The highest BCUT2D eigenvalue weighted by Gasteiger charge is 2.46. The number of methoxy groups -OCH3 is 1. The van der Waals surface area contributed by atoms with Gasteiger partial charge in [0.15, 0.2) is 0 Å². The fourth-order valence-electron chi connectivity index (χ4n) is 3.63. The van der Waals surface area contributed by atoms with Gasteiger partial charge in [-0.25, -0.2) is 0 Å². The van der Waals surface area contributed by atoms with Crippen LogP contribution in [-0.2, 0) is 4.74 Å². The van der Waals surface area contributed by atoms with Gasteiger partial charge in [0.05, 0.1) is 6.61 Å². The lowest BCUT2D eigenvalue weighted by atomic mass is 9.70. The van der Waals surface area contributed by atoms with Crippen LogP contribution in [0.25, 0.3) is 0 Å². The summed E-state index contributed by atoms with van der Waals surface area (Å²) in [7, 11) is 1.80. The second-order valence-electron chi connectivity index (χ2n) is 6.54. The number of rotatable bonds is 6. The molecule has 0 bridgehead atoms. The van der Waals surface area contributed by atoms with E-state index in [1.807, 2.05) is 0 Å². The summed E-state index contributed by atoms with van der Waals surface area (Å²) in [4.78, 5) is 2.69. The summed E-state index contributed by atoms with van der Waals surface area (Å²) in [5, 5.41) is 0. The van der Waals surface area contributed by atoms with E-state index in [4.69, 9.17) is 10.5 Å². The zero-order chi connectivity index (χ0) is 13.2. The summed E-state index contributed by atoms with van der Waals surface area (Å²) < 4.78 is 5.30. The van der Waals surface area contributed by atoms with Crippen LogP contribution < -0.4 is 5.73 Å². The summed E-state index contributed by atoms with van der Waals surface area (Å²) in [6, 6.07) is 0.782. The predicted octanol–water partition coefficient (Wildman–Crippen LogP) is 2.25. The molecule has 3 unspecified atom stereocenters. The minimum absolute atomic E-state index is 0.256. The standard InChI is InChI=1S/C15H30N2O/c1-12-6-7-15(11-16,10-13(12)2)17(8-9-18-3)14-4-5-14/h12-14H,4-11,16H2,1-3H3. The lowest BCUT2D eigenvalue weighted by molar-refractivity contribution is -0.000289. The molecule has 3 heteroatoms. The molecule has 0 aliphatic heterocycles. The summed E-state index contributed by atoms with van der Waals surface area (Å²) >= 11 is 0. The molecule has 3 nitrogen and oxygen atoms in total. The number of nitrogens with zero attached hydrogens (tertiary/aromatic N) is 1. The Bertz CT molecular complexity index is 267. The smallest absolute Gasteiger partial charge is 0.0590 e. The molecule has 0 aromatic carbocycles. The molecule has 2 N–H and O–H groups in total. The van der Waals surface area contributed by atoms with Crippen molar-refractivity contribution in [3.05, 3.63) is 0 Å². The van der Waals surface area contributed by atoms with Gasteiger partial charge < -0.3 is 10.5 Å². The third-order valence-electron chi connectivity index (χ3n) is 5.25. The average Bonchev–Trinajstić information content (AvgIpc) is 3.18. The van der Waals surface area contributed by atoms with Crippen LogP contribution in [0, 0.1) is 11.8 Å². The van der Waals surface area contributed by atoms with Crippen molar-refractivity contribution in [3.8, 4) is 0 Å². The second-order valence-corrected chi connectivity index (χ2v) is 6.54. The highest BCUT2D eigenvalue weighted by atomic mass is 16.5. The fraction of sp³-hybridized carbons (Fsp3) is 1.00. The van der Waals surface area contributed by atoms with Crippen molar-refractivity contribution in [2.24, 2.45) is 17.6 Å². The predicted molar refractivity (Wildman–Crippen MR) is 75.6 cm³/mol. The molecule has 0 amide bonds. The number of nitrogens with two attached hydrogens (primary N) is 1. The third kappa shape index (κ3) is 2.89. The average molecular weight is 254 g/mol. The summed E-state index contributed by atoms with van der Waals surface area (Å²) in [6.07, 6.45) is 6.58. The van der Waals surface area contributed by atoms with Crippen molar-refractivity contribution >= 4 is 0 Å². The Labute approximate surface area is 112 Å². The van der Waals surface area contributed by atoms with Crippen molar-refractivity contribution in [1.29, 1.82) is 0 Å². The van der Waals surface area contributed by atoms with Crippen LogP contribution in [0.1, 0.15) is 46.0 Å². The molecule has 0 saturated heterocycles. The SMILES string of the molecule is COCCN(C1CC1)C1(CN)CCC(C)C(C)C1. The van der Waals surface area contributed by atoms with E-state index in [1.165, 1.54) is 32.1 Å². The molecule has 106 valence electrons. The Hall–Kier alpha value is -0.120. The number of hydrogen-bond donors (Lipinski definition) is 1. The molecule has 0 heterocycles. The van der Waals surface area contributed by atoms with E-state index in [9.17, 15) is 0 Å². The first-order chi connectivity index (χ1) is 8.63. The van der Waals surface area contributed by atoms with Gasteiger partial charge in [0, 0.05) is 31.8 Å². The first kappa shape index (κ1) is 14.3. The molecule has 3 atom stereocenters. The van der Waals surface area contributed by atoms with Crippen molar-refractivity contribution in [1.82, 2.24) is 4.90 Å². The van der Waals surface area contributed by atoms with Crippen molar-refractivity contribution < 1.29 is 4.74 Å². The largest absolute Gasteiger partial charge is 0.383 e. The number of hydrogen-bond acceptors (Lipinski definition) is 3. The highest BCUT2D eigenvalue weighted by Crippen LogP contribution is 2.43. The molecule has 0 aromatic rings. The van der Waals surface area contributed by atoms with Gasteiger partial charge in [-0.3, -0.25) is 4.90 Å². The molecule has 2 aliphatic carbocycles. The van der Waals surface area contributed by atoms with Crippen LogP contribution in [0.15, 0.2) is 0 Å². The zero-order valence-electron chi connectivity index (χ0n) is 12.3. The molecule has 2 fully saturated rings. The maximum absolute atomic E-state index is 6.20. The molecule has 2 aliphatic rings. The van der Waals surface area contributed by atoms with E-state index < -0.39 is 0 Å². The summed E-state index contributed by atoms with van der Waals surface area (Å²) in [5.41, 5.74) is 6.46. The Balaban J connectivity index is 2.08. The molecular formula is C15H30N2O. The molecule has 0 spiro atoms. The normalized spacial score (nSPS) is 37.2. The highest BCUT2D eigenvalue weighted by molar-refractivity contribution is 5.02. The van der Waals surface area contributed by atoms with Gasteiger partial charge >= 0.3 is 0 Å². The van der Waals surface area contributed by atoms with E-state index in [-0.39, 0.29) is 5.54 Å². The first-order valence-corrected chi connectivity index (χ1v) is 7.58. The Morgan fingerprint density at radius 2 is 1.94 bits per heavy atom. The maximum Gasteiger partial charge on any atom is 0.0590 e. The minimum Gasteiger partial charge on any atom is -0.383 e. The Morgan fingerprint density at radius 3 is 2.44 bits per heavy atom. The molecule has 18 heavy (non-hydrogen) atoms. The van der Waals surface area contributed by atoms with E-state index in [1.54, 1.807) is 7.11 Å². The minimum atomic E-state index is 0.256. The van der Waals surface area contributed by atoms with Gasteiger partial charge in [-0.05, 0) is 43.9 Å². The van der Waals surface area contributed by atoms with Gasteiger partial charge in [0.25, 0.3) is 0 Å². The molecule has 0 radical (unpaired) electrons. The fourth-order valence-corrected chi connectivity index (χ4v) is 3.63. The maximum atomic E-state index is 6.20. The lowest BCUT2D eigenvalue weighted by Gasteiger charge is -2.50. The summed E-state index contributed by atoms with van der Waals surface area (Å²) in [6.45, 7) is 7.49. The summed E-state index contributed by atoms with van der Waals surface area (Å²) in [5.74, 6) is 1.65. The van der Waals surface area contributed by atoms with Crippen LogP contribution in [0.3, 0.4) is 0 Å². The van der Waals surface area contributed by atoms with Crippen LogP contribution in [0.5, 0.6) is 0 Å². The molecule has 0 aromatic heterocycles. The van der Waals surface area contributed by atoms with Gasteiger partial charge in [-0.1, -0.05) is 13.8 Å². The van der Waals surface area contributed by atoms with Crippen molar-refractivity contribution in [2.75, 3.05) is 26.8 Å². The monoisotopic (exact) mass is 254 g/mol. The Kier molecular flexibility index (Phi) is 4.68. The third-order valence-corrected chi connectivity index (χ3v) is 5.25. The van der Waals surface area contributed by atoms with Gasteiger partial charge in [-0.2, -0.15) is 0 Å². The quantitative estimate of drug-likeness (QED) is 0.790. The van der Waals surface area contributed by atoms with Crippen LogP contribution in [-0.4, -0.2) is 43.3 Å². The van der Waals surface area contributed by atoms with E-state index >= 15 is 0 Å². The molecule has 2 saturated carbocycles. The zero-order valence-corrected chi connectivity index (χ0v) is 12.3. The van der Waals surface area contributed by atoms with Crippen molar-refractivity contribution in [3.63, 3.8) is 0 Å². The van der Waals surface area contributed by atoms with Gasteiger partial charge in [0.2, 0.25) is 0 Å². The topological polar surface area (TPSA) is 38.5 Å². The van der Waals surface area contributed by atoms with Gasteiger partial charge in [-0.15, -0.1) is 0 Å². The van der Waals surface area contributed by atoms with E-state index in [2.05, 4.69) is 18.7 Å². The first-order valence-electron chi connectivity index (χ1n) is 7.58. The second kappa shape index (κ2) is 5.89. The van der Waals surface area contributed by atoms with E-state index in [0.29, 0.717) is 0 Å². The number of ether oxygens (including phenoxy) is 1. The molecular weight excluding hydrogens is 224 g/mol. The van der Waals surface area contributed by atoms with Crippen LogP contribution in [0.4, 0.5) is 0 Å². The molecule has 2 rings (SSSR count). The Morgan fingerprint density at radius 1 is 1.22 bits per heavy atom. The van der Waals surface area contributed by atoms with Crippen LogP contribution in [0.2, 0.25) is 0 Å². The lowest BCUT2D eigenvalue weighted by Crippen LogP contribution is -2.58. The van der Waals surface area contributed by atoms with E-state index in [0.717, 1.165) is 37.6 Å².